The van der Waals surface area contributed by atoms with Crippen LogP contribution in [0, 0.1) is 0 Å². The van der Waals surface area contributed by atoms with Crippen molar-refractivity contribution in [3.63, 3.8) is 0 Å². The first-order valence-electron chi connectivity index (χ1n) is 4.94. The predicted molar refractivity (Wildman–Crippen MR) is 57.0 cm³/mol. The van der Waals surface area contributed by atoms with E-state index in [2.05, 4.69) is 18.3 Å². The Hall–Kier alpha value is -1.18. The van der Waals surface area contributed by atoms with E-state index >= 15 is 0 Å². The van der Waals surface area contributed by atoms with Crippen LogP contribution in [-0.2, 0) is 0 Å². The molecule has 1 aromatic rings. The molecule has 0 aliphatic carbocycles. The first-order chi connectivity index (χ1) is 6.31. The summed E-state index contributed by atoms with van der Waals surface area (Å²) in [5.41, 5.74) is 9.25. The number of fused-ring (bicyclic) bond motifs is 1. The molecule has 2 nitrogen and oxygen atoms in total. The van der Waals surface area contributed by atoms with Crippen molar-refractivity contribution in [2.24, 2.45) is 0 Å². The molecule has 0 spiro atoms. The van der Waals surface area contributed by atoms with Crippen molar-refractivity contribution >= 4 is 11.4 Å². The van der Waals surface area contributed by atoms with E-state index in [1.54, 1.807) is 0 Å². The molecule has 3 N–H and O–H groups in total. The summed E-state index contributed by atoms with van der Waals surface area (Å²) in [4.78, 5) is 0. The van der Waals surface area contributed by atoms with Crippen molar-refractivity contribution in [3.8, 4) is 0 Å². The molecule has 2 heteroatoms. The maximum absolute atomic E-state index is 5.73. The predicted octanol–water partition coefficient (Wildman–Crippen LogP) is 2.58. The van der Waals surface area contributed by atoms with Crippen molar-refractivity contribution in [2.75, 3.05) is 17.6 Å². The molecule has 1 aliphatic heterocycles. The van der Waals surface area contributed by atoms with Crippen LogP contribution in [0.25, 0.3) is 0 Å². The fraction of sp³-hybridized carbons (Fsp3) is 0.455. The van der Waals surface area contributed by atoms with E-state index in [1.165, 1.54) is 24.1 Å². The smallest absolute Gasteiger partial charge is 0.0396 e. The first-order valence-corrected chi connectivity index (χ1v) is 4.94. The number of nitrogens with two attached hydrogens (primary N) is 1. The van der Waals surface area contributed by atoms with Gasteiger partial charge in [0.2, 0.25) is 0 Å². The zero-order valence-corrected chi connectivity index (χ0v) is 8.01. The second-order valence-electron chi connectivity index (χ2n) is 3.67. The number of anilines is 2. The maximum Gasteiger partial charge on any atom is 0.0396 e. The lowest BCUT2D eigenvalue weighted by molar-refractivity contribution is 0.609. The number of hydrogen-bond donors (Lipinski definition) is 2. The topological polar surface area (TPSA) is 38.0 Å². The molecule has 1 atom stereocenters. The van der Waals surface area contributed by atoms with Crippen molar-refractivity contribution < 1.29 is 0 Å². The van der Waals surface area contributed by atoms with E-state index in [1.807, 2.05) is 12.1 Å². The molecule has 1 heterocycles. The van der Waals surface area contributed by atoms with Gasteiger partial charge < -0.3 is 11.1 Å². The molecule has 0 amide bonds. The van der Waals surface area contributed by atoms with Gasteiger partial charge in [-0.25, -0.2) is 0 Å². The Morgan fingerprint density at radius 1 is 1.54 bits per heavy atom. The summed E-state index contributed by atoms with van der Waals surface area (Å²) >= 11 is 0. The number of nitrogen functional groups attached to an aromatic ring is 1. The summed E-state index contributed by atoms with van der Waals surface area (Å²) in [7, 11) is 0. The van der Waals surface area contributed by atoms with Crippen molar-refractivity contribution in [3.05, 3.63) is 23.8 Å². The molecule has 0 saturated carbocycles. The summed E-state index contributed by atoms with van der Waals surface area (Å²) in [6.45, 7) is 3.32. The lowest BCUT2D eigenvalue weighted by Gasteiger charge is -2.25. The zero-order valence-electron chi connectivity index (χ0n) is 8.01. The quantitative estimate of drug-likeness (QED) is 0.645. The highest BCUT2D eigenvalue weighted by Gasteiger charge is 2.17. The standard InChI is InChI=1S/C11H16N2/c1-2-8-5-6-13-11-7-9(12)3-4-10(8)11/h3-4,7-8,13H,2,5-6,12H2,1H3. The van der Waals surface area contributed by atoms with Gasteiger partial charge in [0.25, 0.3) is 0 Å². The highest BCUT2D eigenvalue weighted by atomic mass is 14.9. The fourth-order valence-electron chi connectivity index (χ4n) is 2.04. The summed E-state index contributed by atoms with van der Waals surface area (Å²) in [5, 5.41) is 3.39. The summed E-state index contributed by atoms with van der Waals surface area (Å²) in [6, 6.07) is 6.19. The highest BCUT2D eigenvalue weighted by molar-refractivity contribution is 5.61. The molecule has 0 bridgehead atoms. The van der Waals surface area contributed by atoms with Gasteiger partial charge in [-0.05, 0) is 36.5 Å². The third kappa shape index (κ3) is 1.48. The van der Waals surface area contributed by atoms with Crippen LogP contribution in [0.1, 0.15) is 31.2 Å². The van der Waals surface area contributed by atoms with E-state index in [9.17, 15) is 0 Å². The van der Waals surface area contributed by atoms with Crippen LogP contribution < -0.4 is 11.1 Å². The largest absolute Gasteiger partial charge is 0.399 e. The second-order valence-corrected chi connectivity index (χ2v) is 3.67. The third-order valence-corrected chi connectivity index (χ3v) is 2.82. The van der Waals surface area contributed by atoms with E-state index in [0.29, 0.717) is 0 Å². The van der Waals surface area contributed by atoms with Gasteiger partial charge >= 0.3 is 0 Å². The lowest BCUT2D eigenvalue weighted by atomic mass is 9.89. The minimum atomic E-state index is 0.719. The van der Waals surface area contributed by atoms with Gasteiger partial charge in [-0.1, -0.05) is 13.0 Å². The van der Waals surface area contributed by atoms with Crippen molar-refractivity contribution in [2.45, 2.75) is 25.7 Å². The minimum Gasteiger partial charge on any atom is -0.399 e. The Labute approximate surface area is 79.1 Å². The van der Waals surface area contributed by atoms with E-state index in [4.69, 9.17) is 5.73 Å². The Kier molecular flexibility index (Phi) is 2.13. The van der Waals surface area contributed by atoms with Crippen LogP contribution in [0.15, 0.2) is 18.2 Å². The molecule has 0 radical (unpaired) electrons. The molecule has 70 valence electrons. The molecule has 0 fully saturated rings. The molecular formula is C11H16N2. The highest BCUT2D eigenvalue weighted by Crippen LogP contribution is 2.34. The van der Waals surface area contributed by atoms with Crippen LogP contribution in [-0.4, -0.2) is 6.54 Å². The Morgan fingerprint density at radius 3 is 3.15 bits per heavy atom. The van der Waals surface area contributed by atoms with E-state index in [-0.39, 0.29) is 0 Å². The first kappa shape index (κ1) is 8.42. The summed E-state index contributed by atoms with van der Waals surface area (Å²) in [6.07, 6.45) is 2.46. The second kappa shape index (κ2) is 3.29. The van der Waals surface area contributed by atoms with Gasteiger partial charge in [0.05, 0.1) is 0 Å². The molecule has 1 unspecified atom stereocenters. The van der Waals surface area contributed by atoms with Crippen LogP contribution in [0.3, 0.4) is 0 Å². The number of hydrogen-bond acceptors (Lipinski definition) is 2. The number of benzene rings is 1. The number of nitrogens with one attached hydrogen (secondary N) is 1. The molecule has 13 heavy (non-hydrogen) atoms. The zero-order chi connectivity index (χ0) is 9.26. The minimum absolute atomic E-state index is 0.719. The average Bonchev–Trinajstić information content (AvgIpc) is 2.16. The normalized spacial score (nSPS) is 20.5. The summed E-state index contributed by atoms with van der Waals surface area (Å²) < 4.78 is 0. The van der Waals surface area contributed by atoms with Crippen molar-refractivity contribution in [1.82, 2.24) is 0 Å². The molecule has 1 aliphatic rings. The molecule has 2 rings (SSSR count). The molecule has 1 aromatic carbocycles. The third-order valence-electron chi connectivity index (χ3n) is 2.82. The van der Waals surface area contributed by atoms with E-state index < -0.39 is 0 Å². The Morgan fingerprint density at radius 2 is 2.38 bits per heavy atom. The van der Waals surface area contributed by atoms with Gasteiger partial charge in [0, 0.05) is 17.9 Å². The van der Waals surface area contributed by atoms with Crippen molar-refractivity contribution in [1.29, 1.82) is 0 Å². The lowest BCUT2D eigenvalue weighted by Crippen LogP contribution is -2.16. The Balaban J connectivity index is 2.40. The van der Waals surface area contributed by atoms with Crippen LogP contribution >= 0.6 is 0 Å². The Bertz CT molecular complexity index is 307. The molecular weight excluding hydrogens is 160 g/mol. The molecule has 0 saturated heterocycles. The maximum atomic E-state index is 5.73. The van der Waals surface area contributed by atoms with E-state index in [0.717, 1.165) is 18.2 Å². The SMILES string of the molecule is CCC1CCNc2cc(N)ccc21. The van der Waals surface area contributed by atoms with Gasteiger partial charge in [0.1, 0.15) is 0 Å². The van der Waals surface area contributed by atoms with Gasteiger partial charge in [-0.2, -0.15) is 0 Å². The van der Waals surface area contributed by atoms with Gasteiger partial charge in [0.15, 0.2) is 0 Å². The van der Waals surface area contributed by atoms with Crippen LogP contribution in [0.4, 0.5) is 11.4 Å². The van der Waals surface area contributed by atoms with Gasteiger partial charge in [-0.15, -0.1) is 0 Å². The van der Waals surface area contributed by atoms with Crippen LogP contribution in [0.5, 0.6) is 0 Å². The summed E-state index contributed by atoms with van der Waals surface area (Å²) in [5.74, 6) is 0.719. The monoisotopic (exact) mass is 176 g/mol. The van der Waals surface area contributed by atoms with Gasteiger partial charge in [-0.3, -0.25) is 0 Å². The average molecular weight is 176 g/mol. The fourth-order valence-corrected chi connectivity index (χ4v) is 2.04. The number of rotatable bonds is 1. The molecule has 0 aromatic heterocycles. The van der Waals surface area contributed by atoms with Crippen LogP contribution in [0.2, 0.25) is 0 Å².